The molecule has 2 saturated carbocycles. The Labute approximate surface area is 207 Å². The third-order valence-electron chi connectivity index (χ3n) is 7.84. The number of nitrogens with zero attached hydrogens (tertiary/aromatic N) is 2. The Balaban J connectivity index is 1.38. The molecule has 8 nitrogen and oxygen atoms in total. The molecule has 1 N–H and O–H groups in total. The van der Waals surface area contributed by atoms with Crippen molar-refractivity contribution in [2.45, 2.75) is 95.2 Å². The maximum Gasteiger partial charge on any atom is 0.326 e. The van der Waals surface area contributed by atoms with E-state index in [0.29, 0.717) is 12.0 Å². The highest BCUT2D eigenvalue weighted by molar-refractivity contribution is 6.09. The highest BCUT2D eigenvalue weighted by Crippen LogP contribution is 2.33. The minimum atomic E-state index is -1.20. The quantitative estimate of drug-likeness (QED) is 0.447. The molecule has 8 heteroatoms. The van der Waals surface area contributed by atoms with Crippen LogP contribution < -0.4 is 5.32 Å². The second kappa shape index (κ2) is 11.2. The van der Waals surface area contributed by atoms with Crippen LogP contribution >= 0.6 is 0 Å². The molecule has 0 radical (unpaired) electrons. The van der Waals surface area contributed by atoms with E-state index >= 15 is 0 Å². The molecule has 190 valence electrons. The first kappa shape index (κ1) is 25.2. The summed E-state index contributed by atoms with van der Waals surface area (Å²) in [5.41, 5.74) is -0.532. The molecule has 35 heavy (non-hydrogen) atoms. The van der Waals surface area contributed by atoms with Gasteiger partial charge in [-0.15, -0.1) is 0 Å². The van der Waals surface area contributed by atoms with Crippen LogP contribution in [-0.2, 0) is 24.7 Å². The molecule has 1 aromatic carbocycles. The van der Waals surface area contributed by atoms with Gasteiger partial charge in [0.25, 0.3) is 11.8 Å². The Bertz CT molecular complexity index is 906. The first-order chi connectivity index (χ1) is 17.0. The molecule has 2 aliphatic carbocycles. The van der Waals surface area contributed by atoms with E-state index in [1.807, 2.05) is 17.9 Å². The number of urea groups is 1. The third-order valence-corrected chi connectivity index (χ3v) is 7.84. The van der Waals surface area contributed by atoms with E-state index in [0.717, 1.165) is 56.3 Å². The summed E-state index contributed by atoms with van der Waals surface area (Å²) in [7, 11) is 0. The number of carbonyl (C=O) groups is 4. The van der Waals surface area contributed by atoms with Gasteiger partial charge in [-0.2, -0.15) is 0 Å². The number of hydrogen-bond donors (Lipinski definition) is 1. The van der Waals surface area contributed by atoms with Crippen molar-refractivity contribution >= 4 is 23.8 Å². The number of imide groups is 1. The van der Waals surface area contributed by atoms with Gasteiger partial charge in [0, 0.05) is 12.1 Å². The largest absolute Gasteiger partial charge is 0.454 e. The monoisotopic (exact) mass is 483 g/mol. The van der Waals surface area contributed by atoms with Gasteiger partial charge in [0.2, 0.25) is 0 Å². The number of ether oxygens (including phenoxy) is 1. The Morgan fingerprint density at radius 2 is 1.54 bits per heavy atom. The van der Waals surface area contributed by atoms with Crippen molar-refractivity contribution in [2.75, 3.05) is 13.2 Å². The van der Waals surface area contributed by atoms with E-state index in [1.54, 1.807) is 24.3 Å². The van der Waals surface area contributed by atoms with Crippen LogP contribution in [0.5, 0.6) is 0 Å². The van der Waals surface area contributed by atoms with Gasteiger partial charge in [0.05, 0.1) is 0 Å². The van der Waals surface area contributed by atoms with Crippen molar-refractivity contribution < 1.29 is 23.9 Å². The summed E-state index contributed by atoms with van der Waals surface area (Å²) in [5, 5.41) is 2.76. The highest BCUT2D eigenvalue weighted by atomic mass is 16.5. The molecule has 4 rings (SSSR count). The van der Waals surface area contributed by atoms with Crippen LogP contribution in [0.4, 0.5) is 4.79 Å². The standard InChI is InChI=1S/C27H37N3O5/c1-2-27(20-12-6-3-7-13-20)25(33)29(26(34)28-27)18-24(32)35-19-23(31)30(21-14-8-4-9-15-21)22-16-10-5-11-17-22/h3,6-7,12-13,21-22H,2,4-5,8-11,14-19H2,1H3,(H,28,34)/t27-/m1/s1. The van der Waals surface area contributed by atoms with Crippen LogP contribution in [0.15, 0.2) is 30.3 Å². The number of rotatable bonds is 8. The summed E-state index contributed by atoms with van der Waals surface area (Å²) < 4.78 is 5.33. The second-order valence-electron chi connectivity index (χ2n) is 9.99. The fourth-order valence-electron chi connectivity index (χ4n) is 5.95. The second-order valence-corrected chi connectivity index (χ2v) is 9.99. The zero-order valence-electron chi connectivity index (χ0n) is 20.7. The average Bonchev–Trinajstić information content (AvgIpc) is 3.14. The SMILES string of the molecule is CC[C@]1(c2ccccc2)NC(=O)N(CC(=O)OCC(=O)N(C2CCCCC2)C2CCCCC2)C1=O. The van der Waals surface area contributed by atoms with Crippen LogP contribution in [0, 0.1) is 0 Å². The van der Waals surface area contributed by atoms with Gasteiger partial charge >= 0.3 is 12.0 Å². The summed E-state index contributed by atoms with van der Waals surface area (Å²) in [6.07, 6.45) is 11.2. The molecule has 1 aromatic rings. The van der Waals surface area contributed by atoms with Gasteiger partial charge < -0.3 is 15.0 Å². The van der Waals surface area contributed by atoms with Crippen molar-refractivity contribution in [3.8, 4) is 0 Å². The predicted octanol–water partition coefficient (Wildman–Crippen LogP) is 3.88. The van der Waals surface area contributed by atoms with Gasteiger partial charge in [-0.25, -0.2) is 4.79 Å². The lowest BCUT2D eigenvalue weighted by molar-refractivity contribution is -0.156. The maximum absolute atomic E-state index is 13.2. The van der Waals surface area contributed by atoms with Gasteiger partial charge in [-0.05, 0) is 37.7 Å². The van der Waals surface area contributed by atoms with E-state index in [4.69, 9.17) is 4.74 Å². The molecule has 0 aromatic heterocycles. The molecular weight excluding hydrogens is 446 g/mol. The Morgan fingerprint density at radius 3 is 2.09 bits per heavy atom. The number of esters is 1. The molecule has 1 atom stereocenters. The van der Waals surface area contributed by atoms with Crippen LogP contribution in [0.25, 0.3) is 0 Å². The Hall–Kier alpha value is -2.90. The van der Waals surface area contributed by atoms with Crippen molar-refractivity contribution in [2.24, 2.45) is 0 Å². The first-order valence-electron chi connectivity index (χ1n) is 13.1. The number of nitrogens with one attached hydrogen (secondary N) is 1. The number of amides is 4. The topological polar surface area (TPSA) is 96.0 Å². The lowest BCUT2D eigenvalue weighted by atomic mass is 9.87. The van der Waals surface area contributed by atoms with E-state index in [2.05, 4.69) is 5.32 Å². The lowest BCUT2D eigenvalue weighted by Gasteiger charge is -2.41. The summed E-state index contributed by atoms with van der Waals surface area (Å²) in [6, 6.07) is 8.80. The third kappa shape index (κ3) is 5.36. The van der Waals surface area contributed by atoms with Gasteiger partial charge in [-0.1, -0.05) is 75.8 Å². The molecule has 1 saturated heterocycles. The summed E-state index contributed by atoms with van der Waals surface area (Å²) in [4.78, 5) is 54.6. The highest BCUT2D eigenvalue weighted by Gasteiger charge is 2.51. The molecule has 0 bridgehead atoms. The van der Waals surface area contributed by atoms with Crippen LogP contribution in [0.3, 0.4) is 0 Å². The zero-order chi connectivity index (χ0) is 24.8. The molecule has 1 aliphatic heterocycles. The van der Waals surface area contributed by atoms with Gasteiger partial charge in [0.1, 0.15) is 12.1 Å². The number of hydrogen-bond acceptors (Lipinski definition) is 5. The molecule has 0 spiro atoms. The molecule has 4 amide bonds. The fraction of sp³-hybridized carbons (Fsp3) is 0.630. The minimum absolute atomic E-state index is 0.165. The summed E-state index contributed by atoms with van der Waals surface area (Å²) >= 11 is 0. The smallest absolute Gasteiger partial charge is 0.326 e. The Kier molecular flexibility index (Phi) is 8.08. The molecule has 0 unspecified atom stereocenters. The maximum atomic E-state index is 13.2. The van der Waals surface area contributed by atoms with E-state index < -0.39 is 30.0 Å². The van der Waals surface area contributed by atoms with Crippen molar-refractivity contribution in [1.29, 1.82) is 0 Å². The molecule has 3 fully saturated rings. The molecular formula is C27H37N3O5. The average molecular weight is 484 g/mol. The van der Waals surface area contributed by atoms with Crippen LogP contribution in [-0.4, -0.2) is 58.8 Å². The van der Waals surface area contributed by atoms with Crippen molar-refractivity contribution in [3.63, 3.8) is 0 Å². The van der Waals surface area contributed by atoms with E-state index in [1.165, 1.54) is 12.8 Å². The van der Waals surface area contributed by atoms with Crippen molar-refractivity contribution in [3.05, 3.63) is 35.9 Å². The Morgan fingerprint density at radius 1 is 0.971 bits per heavy atom. The fourth-order valence-corrected chi connectivity index (χ4v) is 5.95. The number of carbonyl (C=O) groups excluding carboxylic acids is 4. The first-order valence-corrected chi connectivity index (χ1v) is 13.1. The van der Waals surface area contributed by atoms with Gasteiger partial charge in [0.15, 0.2) is 6.61 Å². The summed E-state index contributed by atoms with van der Waals surface area (Å²) in [6.45, 7) is 0.948. The van der Waals surface area contributed by atoms with Crippen LogP contribution in [0.1, 0.15) is 83.1 Å². The zero-order valence-corrected chi connectivity index (χ0v) is 20.7. The van der Waals surface area contributed by atoms with E-state index in [-0.39, 0.29) is 24.6 Å². The number of benzene rings is 1. The van der Waals surface area contributed by atoms with Crippen LogP contribution in [0.2, 0.25) is 0 Å². The van der Waals surface area contributed by atoms with E-state index in [9.17, 15) is 19.2 Å². The summed E-state index contributed by atoms with van der Waals surface area (Å²) in [5.74, 6) is -1.40. The normalized spacial score (nSPS) is 23.7. The van der Waals surface area contributed by atoms with Crippen molar-refractivity contribution in [1.82, 2.24) is 15.1 Å². The lowest BCUT2D eigenvalue weighted by Crippen LogP contribution is -2.50. The molecule has 1 heterocycles. The van der Waals surface area contributed by atoms with Gasteiger partial charge in [-0.3, -0.25) is 19.3 Å². The minimum Gasteiger partial charge on any atom is -0.454 e. The predicted molar refractivity (Wildman–Crippen MR) is 130 cm³/mol. The molecule has 3 aliphatic rings.